The van der Waals surface area contributed by atoms with E-state index in [1.165, 1.54) is 186 Å². The van der Waals surface area contributed by atoms with Gasteiger partial charge < -0.3 is 18.9 Å². The van der Waals surface area contributed by atoms with Gasteiger partial charge in [0.05, 0.1) is 34.2 Å². The Morgan fingerprint density at radius 1 is 0.434 bits per heavy atom. The van der Waals surface area contributed by atoms with Gasteiger partial charge >= 0.3 is 19.8 Å². The fraction of sp³-hybridized carbons (Fsp3) is 0.758. The summed E-state index contributed by atoms with van der Waals surface area (Å²) in [5, 5.41) is 0. The van der Waals surface area contributed by atoms with Crippen LogP contribution in [0.25, 0.3) is 0 Å². The van der Waals surface area contributed by atoms with Crippen LogP contribution in [0.3, 0.4) is 0 Å². The van der Waals surface area contributed by atoms with E-state index in [0.29, 0.717) is 17.4 Å². The maximum absolute atomic E-state index is 12.7. The van der Waals surface area contributed by atoms with Crippen molar-refractivity contribution in [2.24, 2.45) is 0 Å². The summed E-state index contributed by atoms with van der Waals surface area (Å²) < 4.78 is 34.4. The average molecular weight is 1090 g/mol. The minimum absolute atomic E-state index is 0.00698. The summed E-state index contributed by atoms with van der Waals surface area (Å²) in [5.74, 6) is -0.941. The normalized spacial score (nSPS) is 13.8. The lowest BCUT2D eigenvalue weighted by molar-refractivity contribution is -0.870. The van der Waals surface area contributed by atoms with Crippen LogP contribution in [-0.4, -0.2) is 74.9 Å². The summed E-state index contributed by atoms with van der Waals surface area (Å²) in [4.78, 5) is 35.6. The second-order valence-corrected chi connectivity index (χ2v) is 23.5. The highest BCUT2D eigenvalue weighted by Gasteiger charge is 2.27. The number of hydrogen-bond donors (Lipinski definition) is 1. The van der Waals surface area contributed by atoms with Gasteiger partial charge in [0.1, 0.15) is 19.8 Å². The van der Waals surface area contributed by atoms with Crippen LogP contribution in [0, 0.1) is 0 Å². The van der Waals surface area contributed by atoms with Crippen LogP contribution in [0.2, 0.25) is 0 Å². The van der Waals surface area contributed by atoms with Crippen LogP contribution >= 0.6 is 7.82 Å². The summed E-state index contributed by atoms with van der Waals surface area (Å²) >= 11 is 0. The molecule has 0 rings (SSSR count). The Labute approximate surface area is 469 Å². The molecule has 0 spiro atoms. The van der Waals surface area contributed by atoms with Crippen molar-refractivity contribution in [1.29, 1.82) is 0 Å². The summed E-state index contributed by atoms with van der Waals surface area (Å²) in [6, 6.07) is 0. The van der Waals surface area contributed by atoms with Crippen LogP contribution in [0.15, 0.2) is 85.1 Å². The Morgan fingerprint density at radius 2 is 0.789 bits per heavy atom. The van der Waals surface area contributed by atoms with Crippen molar-refractivity contribution in [3.8, 4) is 0 Å². The highest BCUT2D eigenvalue weighted by atomic mass is 31.2. The largest absolute Gasteiger partial charge is 0.472 e. The Hall–Kier alpha value is -2.81. The maximum Gasteiger partial charge on any atom is 0.472 e. The van der Waals surface area contributed by atoms with E-state index in [1.807, 2.05) is 33.3 Å². The monoisotopic (exact) mass is 1080 g/mol. The summed E-state index contributed by atoms with van der Waals surface area (Å²) in [6.07, 6.45) is 77.4. The number of carbonyl (C=O) groups is 2. The van der Waals surface area contributed by atoms with E-state index >= 15 is 0 Å². The zero-order chi connectivity index (χ0) is 55.6. The molecule has 76 heavy (non-hydrogen) atoms. The fourth-order valence-electron chi connectivity index (χ4n) is 8.65. The van der Waals surface area contributed by atoms with Crippen molar-refractivity contribution in [1.82, 2.24) is 0 Å². The molecule has 0 saturated heterocycles. The Morgan fingerprint density at radius 3 is 1.18 bits per heavy atom. The maximum atomic E-state index is 12.7. The van der Waals surface area contributed by atoms with Crippen molar-refractivity contribution in [3.63, 3.8) is 0 Å². The average Bonchev–Trinajstić information content (AvgIpc) is 3.38. The molecule has 2 atom stereocenters. The van der Waals surface area contributed by atoms with E-state index in [0.717, 1.165) is 51.4 Å². The SMILES string of the molecule is CC/C=C\C/C=C\C/C=C\C/C=C\C/C=C\CC(=O)OC(COC(=O)CCCCCCCCCCCCCCCCCCCCCCCCCCC/C=C\C/C=C\CCCCCCC)COP(=O)(O)OCC[N+](C)(C)C. The third kappa shape index (κ3) is 60.4. The molecule has 1 N–H and O–H groups in total. The summed E-state index contributed by atoms with van der Waals surface area (Å²) in [5.41, 5.74) is 0. The molecule has 0 fully saturated rings. The number of hydrogen-bond acceptors (Lipinski definition) is 7. The molecular formula is C66H119NO8P+. The minimum Gasteiger partial charge on any atom is -0.462 e. The Bertz CT molecular complexity index is 1560. The molecule has 0 aliphatic carbocycles. The first-order valence-electron chi connectivity index (χ1n) is 31.3. The number of unbranched alkanes of at least 4 members (excludes halogenated alkanes) is 30. The molecule has 9 nitrogen and oxygen atoms in total. The summed E-state index contributed by atoms with van der Waals surface area (Å²) in [6.45, 7) is 4.21. The third-order valence-electron chi connectivity index (χ3n) is 13.4. The first-order valence-corrected chi connectivity index (χ1v) is 32.8. The number of phosphoric acid groups is 1. The number of nitrogens with zero attached hydrogens (tertiary/aromatic N) is 1. The topological polar surface area (TPSA) is 108 Å². The van der Waals surface area contributed by atoms with Gasteiger partial charge in [0.25, 0.3) is 0 Å². The molecule has 0 aromatic rings. The number of esters is 2. The van der Waals surface area contributed by atoms with Crippen molar-refractivity contribution in [3.05, 3.63) is 85.1 Å². The predicted molar refractivity (Wildman–Crippen MR) is 325 cm³/mol. The van der Waals surface area contributed by atoms with Gasteiger partial charge in [0, 0.05) is 6.42 Å². The molecule has 0 radical (unpaired) electrons. The molecule has 2 unspecified atom stereocenters. The second kappa shape index (κ2) is 56.9. The van der Waals surface area contributed by atoms with Gasteiger partial charge in [0.2, 0.25) is 0 Å². The molecule has 10 heteroatoms. The van der Waals surface area contributed by atoms with Gasteiger partial charge in [-0.1, -0.05) is 272 Å². The van der Waals surface area contributed by atoms with Crippen LogP contribution in [0.1, 0.15) is 271 Å². The highest BCUT2D eigenvalue weighted by Crippen LogP contribution is 2.43. The number of allylic oxidation sites excluding steroid dienone is 13. The van der Waals surface area contributed by atoms with Crippen LogP contribution in [0.4, 0.5) is 0 Å². The first-order chi connectivity index (χ1) is 37.0. The van der Waals surface area contributed by atoms with E-state index < -0.39 is 26.5 Å². The van der Waals surface area contributed by atoms with E-state index in [9.17, 15) is 19.0 Å². The van der Waals surface area contributed by atoms with Crippen LogP contribution < -0.4 is 0 Å². The quantitative estimate of drug-likeness (QED) is 0.0211. The predicted octanol–water partition coefficient (Wildman–Crippen LogP) is 19.8. The first kappa shape index (κ1) is 73.2. The van der Waals surface area contributed by atoms with Crippen LogP contribution in [0.5, 0.6) is 0 Å². The number of rotatable bonds is 57. The highest BCUT2D eigenvalue weighted by molar-refractivity contribution is 7.47. The lowest BCUT2D eigenvalue weighted by Gasteiger charge is -2.24. The second-order valence-electron chi connectivity index (χ2n) is 22.1. The fourth-order valence-corrected chi connectivity index (χ4v) is 9.39. The van der Waals surface area contributed by atoms with Crippen molar-refractivity contribution >= 4 is 19.8 Å². The number of carbonyl (C=O) groups excluding carboxylic acids is 2. The molecule has 0 bridgehead atoms. The van der Waals surface area contributed by atoms with Crippen molar-refractivity contribution in [2.75, 3.05) is 47.5 Å². The van der Waals surface area contributed by atoms with Crippen molar-refractivity contribution in [2.45, 2.75) is 277 Å². The minimum atomic E-state index is -4.41. The lowest BCUT2D eigenvalue weighted by atomic mass is 10.0. The Balaban J connectivity index is 3.97. The molecule has 0 aliphatic heterocycles. The van der Waals surface area contributed by atoms with Gasteiger partial charge in [-0.2, -0.15) is 0 Å². The number of ether oxygens (including phenoxy) is 2. The molecule has 0 aromatic carbocycles. The molecule has 440 valence electrons. The lowest BCUT2D eigenvalue weighted by Crippen LogP contribution is -2.37. The van der Waals surface area contributed by atoms with E-state index in [4.69, 9.17) is 18.5 Å². The number of quaternary nitrogens is 1. The number of likely N-dealkylation sites (N-methyl/N-ethyl adjacent to an activating group) is 1. The molecule has 0 amide bonds. The zero-order valence-corrected chi connectivity index (χ0v) is 50.9. The number of phosphoric ester groups is 1. The third-order valence-corrected chi connectivity index (χ3v) is 14.4. The van der Waals surface area contributed by atoms with Gasteiger partial charge in [-0.25, -0.2) is 4.57 Å². The van der Waals surface area contributed by atoms with Gasteiger partial charge in [-0.3, -0.25) is 18.6 Å². The van der Waals surface area contributed by atoms with Gasteiger partial charge in [0.15, 0.2) is 6.10 Å². The standard InChI is InChI=1S/C66H118NO8P/c1-6-8-10-12-14-16-18-20-22-23-24-25-26-27-28-29-30-31-32-33-34-35-36-37-38-39-40-41-42-43-45-46-48-50-52-54-56-58-65(68)72-62-64(63-74-76(70,71)73-61-60-67(3,4)5)75-66(69)59-57-55-53-51-49-47-44-21-19-17-15-13-11-9-7-2/h9,11,15,17-18,20-21,23-24,44,49,51,55,57,64H,6-8,10,12-14,16,19,22,25-43,45-48,50,52-54,56,58-63H2,1-5H3/p+1/b11-9-,17-15-,20-18-,24-23-,44-21-,51-49-,57-55-. The molecule has 0 aromatic heterocycles. The Kier molecular flexibility index (Phi) is 54.8. The molecular weight excluding hydrogens is 966 g/mol. The smallest absolute Gasteiger partial charge is 0.462 e. The van der Waals surface area contributed by atoms with Crippen molar-refractivity contribution < 1.29 is 42.1 Å². The van der Waals surface area contributed by atoms with E-state index in [-0.39, 0.29) is 32.0 Å². The van der Waals surface area contributed by atoms with Gasteiger partial charge in [-0.15, -0.1) is 0 Å². The molecule has 0 aliphatic rings. The molecule has 0 saturated carbocycles. The van der Waals surface area contributed by atoms with Crippen LogP contribution in [-0.2, 0) is 32.7 Å². The van der Waals surface area contributed by atoms with E-state index in [2.05, 4.69) is 80.7 Å². The van der Waals surface area contributed by atoms with Gasteiger partial charge in [-0.05, 0) is 70.6 Å². The molecule has 0 heterocycles. The zero-order valence-electron chi connectivity index (χ0n) is 50.0. The summed E-state index contributed by atoms with van der Waals surface area (Å²) in [7, 11) is 1.42. The van der Waals surface area contributed by atoms with E-state index in [1.54, 1.807) is 6.08 Å².